The van der Waals surface area contributed by atoms with Crippen LogP contribution in [0, 0.1) is 12.7 Å². The van der Waals surface area contributed by atoms with E-state index in [1.165, 1.54) is 18.3 Å². The number of aromatic hydroxyl groups is 1. The minimum absolute atomic E-state index is 0.108. The molecular formula is C12H10FNO. The average molecular weight is 203 g/mol. The van der Waals surface area contributed by atoms with Gasteiger partial charge in [-0.05, 0) is 36.2 Å². The molecule has 15 heavy (non-hydrogen) atoms. The maximum atomic E-state index is 12.9. The molecule has 0 aliphatic heterocycles. The fourth-order valence-corrected chi connectivity index (χ4v) is 1.53. The number of rotatable bonds is 1. The Balaban J connectivity index is 2.54. The Hall–Kier alpha value is -1.90. The highest BCUT2D eigenvalue weighted by atomic mass is 19.1. The maximum absolute atomic E-state index is 12.9. The van der Waals surface area contributed by atoms with Gasteiger partial charge in [0.2, 0.25) is 0 Å². The van der Waals surface area contributed by atoms with Crippen molar-refractivity contribution < 1.29 is 9.50 Å². The predicted octanol–water partition coefficient (Wildman–Crippen LogP) is 2.90. The Morgan fingerprint density at radius 2 is 2.00 bits per heavy atom. The van der Waals surface area contributed by atoms with Crippen LogP contribution in [0.25, 0.3) is 11.1 Å². The van der Waals surface area contributed by atoms with Crippen LogP contribution in [-0.4, -0.2) is 10.1 Å². The number of halogens is 1. The topological polar surface area (TPSA) is 33.1 Å². The lowest BCUT2D eigenvalue weighted by Crippen LogP contribution is -1.86. The molecule has 0 radical (unpaired) electrons. The number of aryl methyl sites for hydroxylation is 1. The molecule has 0 saturated carbocycles. The maximum Gasteiger partial charge on any atom is 0.134 e. The second-order valence-electron chi connectivity index (χ2n) is 3.39. The molecule has 0 fully saturated rings. The lowest BCUT2D eigenvalue weighted by atomic mass is 10.0. The number of nitrogens with zero attached hydrogens (tertiary/aromatic N) is 1. The molecule has 0 saturated heterocycles. The molecule has 1 heterocycles. The van der Waals surface area contributed by atoms with E-state index in [1.807, 2.05) is 6.92 Å². The summed E-state index contributed by atoms with van der Waals surface area (Å²) in [5, 5.41) is 9.28. The van der Waals surface area contributed by atoms with Crippen molar-refractivity contribution in [3.63, 3.8) is 0 Å². The molecule has 1 N–H and O–H groups in total. The summed E-state index contributed by atoms with van der Waals surface area (Å²) < 4.78 is 12.9. The molecule has 1 aromatic carbocycles. The van der Waals surface area contributed by atoms with E-state index in [0.29, 0.717) is 0 Å². The molecule has 76 valence electrons. The molecule has 0 aliphatic carbocycles. The zero-order chi connectivity index (χ0) is 10.8. The number of hydrogen-bond donors (Lipinski definition) is 1. The average Bonchev–Trinajstić information content (AvgIpc) is 2.17. The molecular weight excluding hydrogens is 193 g/mol. The van der Waals surface area contributed by atoms with E-state index in [9.17, 15) is 9.50 Å². The van der Waals surface area contributed by atoms with E-state index in [0.717, 1.165) is 16.7 Å². The monoisotopic (exact) mass is 203 g/mol. The van der Waals surface area contributed by atoms with Gasteiger partial charge in [0.25, 0.3) is 0 Å². The Kier molecular flexibility index (Phi) is 2.37. The van der Waals surface area contributed by atoms with Crippen LogP contribution in [0.2, 0.25) is 0 Å². The van der Waals surface area contributed by atoms with Crippen molar-refractivity contribution in [3.8, 4) is 16.9 Å². The first-order valence-electron chi connectivity index (χ1n) is 4.57. The normalized spacial score (nSPS) is 10.3. The largest absolute Gasteiger partial charge is 0.506 e. The number of aromatic nitrogens is 1. The number of benzene rings is 1. The Morgan fingerprint density at radius 1 is 1.20 bits per heavy atom. The summed E-state index contributed by atoms with van der Waals surface area (Å²) in [6.07, 6.45) is 3.00. The third-order valence-electron chi connectivity index (χ3n) is 2.22. The van der Waals surface area contributed by atoms with Crippen molar-refractivity contribution in [2.45, 2.75) is 6.92 Å². The van der Waals surface area contributed by atoms with Gasteiger partial charge in [-0.3, -0.25) is 4.98 Å². The minimum atomic E-state index is -0.260. The number of pyridine rings is 1. The highest BCUT2D eigenvalue weighted by Crippen LogP contribution is 2.25. The zero-order valence-corrected chi connectivity index (χ0v) is 8.24. The zero-order valence-electron chi connectivity index (χ0n) is 8.24. The quantitative estimate of drug-likeness (QED) is 0.773. The highest BCUT2D eigenvalue weighted by molar-refractivity contribution is 5.67. The molecule has 0 spiro atoms. The molecule has 0 atom stereocenters. The lowest BCUT2D eigenvalue weighted by Gasteiger charge is -2.05. The molecule has 2 nitrogen and oxygen atoms in total. The van der Waals surface area contributed by atoms with Crippen molar-refractivity contribution in [2.75, 3.05) is 0 Å². The van der Waals surface area contributed by atoms with Gasteiger partial charge < -0.3 is 5.11 Å². The summed E-state index contributed by atoms with van der Waals surface area (Å²) in [6.45, 7) is 1.82. The van der Waals surface area contributed by atoms with Crippen LogP contribution in [0.15, 0.2) is 36.7 Å². The van der Waals surface area contributed by atoms with Crippen LogP contribution < -0.4 is 0 Å². The third-order valence-corrected chi connectivity index (χ3v) is 2.22. The molecule has 1 aromatic heterocycles. The van der Waals surface area contributed by atoms with Crippen molar-refractivity contribution in [1.29, 1.82) is 0 Å². The summed E-state index contributed by atoms with van der Waals surface area (Å²) in [5.74, 6) is -0.152. The van der Waals surface area contributed by atoms with Gasteiger partial charge >= 0.3 is 0 Å². The second kappa shape index (κ2) is 3.69. The first kappa shape index (κ1) is 9.65. The van der Waals surface area contributed by atoms with E-state index in [2.05, 4.69) is 4.98 Å². The molecule has 0 amide bonds. The smallest absolute Gasteiger partial charge is 0.134 e. The molecule has 0 unspecified atom stereocenters. The van der Waals surface area contributed by atoms with Crippen molar-refractivity contribution in [2.24, 2.45) is 0 Å². The summed E-state index contributed by atoms with van der Waals surface area (Å²) in [7, 11) is 0. The van der Waals surface area contributed by atoms with Gasteiger partial charge in [0.1, 0.15) is 11.6 Å². The van der Waals surface area contributed by atoms with E-state index in [1.54, 1.807) is 18.3 Å². The Morgan fingerprint density at radius 3 is 2.67 bits per heavy atom. The first-order chi connectivity index (χ1) is 7.16. The van der Waals surface area contributed by atoms with E-state index < -0.39 is 0 Å². The molecule has 0 bridgehead atoms. The standard InChI is InChI=1S/C12H10FNO/c1-8-4-10(13)2-3-12(8)9-5-11(15)7-14-6-9/h2-7,15H,1H3. The van der Waals surface area contributed by atoms with Gasteiger partial charge in [0.05, 0.1) is 6.20 Å². The van der Waals surface area contributed by atoms with Gasteiger partial charge in [-0.2, -0.15) is 0 Å². The van der Waals surface area contributed by atoms with E-state index in [4.69, 9.17) is 0 Å². The van der Waals surface area contributed by atoms with Gasteiger partial charge in [0, 0.05) is 11.8 Å². The third kappa shape index (κ3) is 1.96. The van der Waals surface area contributed by atoms with Crippen LogP contribution in [0.3, 0.4) is 0 Å². The van der Waals surface area contributed by atoms with Gasteiger partial charge in [-0.25, -0.2) is 4.39 Å². The van der Waals surface area contributed by atoms with Gasteiger partial charge in [0.15, 0.2) is 0 Å². The van der Waals surface area contributed by atoms with Gasteiger partial charge in [-0.1, -0.05) is 6.07 Å². The van der Waals surface area contributed by atoms with E-state index in [-0.39, 0.29) is 11.6 Å². The summed E-state index contributed by atoms with van der Waals surface area (Å²) in [5.41, 5.74) is 2.48. The SMILES string of the molecule is Cc1cc(F)ccc1-c1cncc(O)c1. The lowest BCUT2D eigenvalue weighted by molar-refractivity contribution is 0.473. The molecule has 2 rings (SSSR count). The van der Waals surface area contributed by atoms with Gasteiger partial charge in [-0.15, -0.1) is 0 Å². The van der Waals surface area contributed by atoms with Crippen LogP contribution in [0.5, 0.6) is 5.75 Å². The van der Waals surface area contributed by atoms with Crippen LogP contribution in [0.4, 0.5) is 4.39 Å². The first-order valence-corrected chi connectivity index (χ1v) is 4.57. The fourth-order valence-electron chi connectivity index (χ4n) is 1.53. The minimum Gasteiger partial charge on any atom is -0.506 e. The Labute approximate surface area is 87.0 Å². The molecule has 3 heteroatoms. The fraction of sp³-hybridized carbons (Fsp3) is 0.0833. The molecule has 0 aliphatic rings. The van der Waals surface area contributed by atoms with Crippen LogP contribution in [-0.2, 0) is 0 Å². The van der Waals surface area contributed by atoms with Crippen molar-refractivity contribution in [3.05, 3.63) is 48.0 Å². The predicted molar refractivity (Wildman–Crippen MR) is 56.0 cm³/mol. The summed E-state index contributed by atoms with van der Waals surface area (Å²) in [4.78, 5) is 3.88. The summed E-state index contributed by atoms with van der Waals surface area (Å²) in [6, 6.07) is 6.14. The van der Waals surface area contributed by atoms with Crippen molar-refractivity contribution in [1.82, 2.24) is 4.98 Å². The van der Waals surface area contributed by atoms with E-state index >= 15 is 0 Å². The highest BCUT2D eigenvalue weighted by Gasteiger charge is 2.03. The van der Waals surface area contributed by atoms with Crippen LogP contribution in [0.1, 0.15) is 5.56 Å². The number of hydrogen-bond acceptors (Lipinski definition) is 2. The Bertz CT molecular complexity index is 497. The van der Waals surface area contributed by atoms with Crippen LogP contribution >= 0.6 is 0 Å². The molecule has 2 aromatic rings. The second-order valence-corrected chi connectivity index (χ2v) is 3.39. The van der Waals surface area contributed by atoms with Crippen molar-refractivity contribution >= 4 is 0 Å². The summed E-state index contributed by atoms with van der Waals surface area (Å²) >= 11 is 0.